The highest BCUT2D eigenvalue weighted by Crippen LogP contribution is 2.25. The molecule has 1 aromatic carbocycles. The number of benzene rings is 1. The number of carboxylic acids is 1. The summed E-state index contributed by atoms with van der Waals surface area (Å²) in [6.45, 7) is 1.55. The fourth-order valence-corrected chi connectivity index (χ4v) is 0.973. The van der Waals surface area contributed by atoms with E-state index in [0.29, 0.717) is 5.56 Å². The largest absolute Gasteiger partial charge is 0.506 e. The van der Waals surface area contributed by atoms with E-state index < -0.39 is 11.9 Å². The topological polar surface area (TPSA) is 83.5 Å². The molecule has 0 aliphatic carbocycles. The summed E-state index contributed by atoms with van der Waals surface area (Å²) in [6, 6.07) is 4.45. The van der Waals surface area contributed by atoms with Crippen LogP contribution in [0.3, 0.4) is 0 Å². The second-order valence-electron chi connectivity index (χ2n) is 2.88. The van der Waals surface area contributed by atoms with E-state index in [1.54, 1.807) is 13.0 Å². The van der Waals surface area contributed by atoms with Crippen molar-refractivity contribution in [2.45, 2.75) is 12.8 Å². The number of aliphatic carboxylic acids is 1. The molecule has 70 valence electrons. The van der Waals surface area contributed by atoms with Crippen molar-refractivity contribution in [1.29, 1.82) is 0 Å². The van der Waals surface area contributed by atoms with Crippen molar-refractivity contribution in [2.75, 3.05) is 5.73 Å². The van der Waals surface area contributed by atoms with Gasteiger partial charge in [0.25, 0.3) is 0 Å². The monoisotopic (exact) mass is 181 g/mol. The predicted molar refractivity (Wildman–Crippen MR) is 48.6 cm³/mol. The minimum atomic E-state index is -0.927. The normalized spacial score (nSPS) is 12.4. The van der Waals surface area contributed by atoms with Gasteiger partial charge >= 0.3 is 5.97 Å². The van der Waals surface area contributed by atoms with Gasteiger partial charge in [0.05, 0.1) is 11.6 Å². The molecular formula is C9H11NO3. The van der Waals surface area contributed by atoms with Crippen molar-refractivity contribution in [3.8, 4) is 5.75 Å². The van der Waals surface area contributed by atoms with Crippen molar-refractivity contribution in [3.05, 3.63) is 23.8 Å². The molecule has 0 saturated carbocycles. The third-order valence-corrected chi connectivity index (χ3v) is 1.92. The van der Waals surface area contributed by atoms with Crippen LogP contribution in [0.1, 0.15) is 18.4 Å². The Labute approximate surface area is 75.6 Å². The molecule has 0 saturated heterocycles. The van der Waals surface area contributed by atoms with Crippen molar-refractivity contribution < 1.29 is 15.0 Å². The zero-order valence-electron chi connectivity index (χ0n) is 7.19. The smallest absolute Gasteiger partial charge is 0.310 e. The average molecular weight is 181 g/mol. The number of anilines is 1. The molecule has 1 atom stereocenters. The molecular weight excluding hydrogens is 170 g/mol. The van der Waals surface area contributed by atoms with E-state index in [2.05, 4.69) is 0 Å². The molecule has 0 aliphatic rings. The number of phenolic OH excluding ortho intramolecular Hbond substituents is 1. The number of nitrogen functional groups attached to an aromatic ring is 1. The van der Waals surface area contributed by atoms with Crippen LogP contribution in [0.25, 0.3) is 0 Å². The number of rotatable bonds is 2. The van der Waals surface area contributed by atoms with Crippen molar-refractivity contribution in [3.63, 3.8) is 0 Å². The van der Waals surface area contributed by atoms with Gasteiger partial charge in [0.1, 0.15) is 5.75 Å². The average Bonchev–Trinajstić information content (AvgIpc) is 2.08. The fraction of sp³-hybridized carbons (Fsp3) is 0.222. The number of aromatic hydroxyl groups is 1. The Morgan fingerprint density at radius 2 is 2.15 bits per heavy atom. The maximum absolute atomic E-state index is 10.6. The van der Waals surface area contributed by atoms with E-state index in [1.807, 2.05) is 0 Å². The first kappa shape index (κ1) is 9.38. The van der Waals surface area contributed by atoms with Gasteiger partial charge < -0.3 is 15.9 Å². The maximum Gasteiger partial charge on any atom is 0.310 e. The summed E-state index contributed by atoms with van der Waals surface area (Å²) in [4.78, 5) is 10.6. The molecule has 1 unspecified atom stereocenters. The van der Waals surface area contributed by atoms with Crippen LogP contribution in [0.15, 0.2) is 18.2 Å². The summed E-state index contributed by atoms with van der Waals surface area (Å²) in [6.07, 6.45) is 0. The molecule has 13 heavy (non-hydrogen) atoms. The van der Waals surface area contributed by atoms with Crippen molar-refractivity contribution >= 4 is 11.7 Å². The van der Waals surface area contributed by atoms with E-state index >= 15 is 0 Å². The summed E-state index contributed by atoms with van der Waals surface area (Å²) in [7, 11) is 0. The third kappa shape index (κ3) is 1.90. The van der Waals surface area contributed by atoms with E-state index in [-0.39, 0.29) is 11.4 Å². The van der Waals surface area contributed by atoms with Gasteiger partial charge in [-0.3, -0.25) is 4.79 Å². The predicted octanol–water partition coefficient (Wildman–Crippen LogP) is 1.16. The zero-order chi connectivity index (χ0) is 10.0. The Kier molecular flexibility index (Phi) is 2.41. The molecule has 4 N–H and O–H groups in total. The summed E-state index contributed by atoms with van der Waals surface area (Å²) >= 11 is 0. The SMILES string of the molecule is CC(C(=O)O)c1ccc(N)c(O)c1. The summed E-state index contributed by atoms with van der Waals surface area (Å²) < 4.78 is 0. The molecule has 1 aromatic rings. The highest BCUT2D eigenvalue weighted by molar-refractivity contribution is 5.76. The first-order valence-corrected chi connectivity index (χ1v) is 3.83. The first-order chi connectivity index (χ1) is 6.02. The van der Waals surface area contributed by atoms with Crippen molar-refractivity contribution in [2.24, 2.45) is 0 Å². The molecule has 0 fully saturated rings. The zero-order valence-corrected chi connectivity index (χ0v) is 7.19. The fourth-order valence-electron chi connectivity index (χ4n) is 0.973. The second kappa shape index (κ2) is 3.35. The van der Waals surface area contributed by atoms with E-state index in [0.717, 1.165) is 0 Å². The number of hydrogen-bond donors (Lipinski definition) is 3. The lowest BCUT2D eigenvalue weighted by atomic mass is 10.0. The van der Waals surface area contributed by atoms with Crippen LogP contribution in [0.4, 0.5) is 5.69 Å². The van der Waals surface area contributed by atoms with Gasteiger partial charge in [-0.05, 0) is 24.6 Å². The maximum atomic E-state index is 10.6. The Balaban J connectivity index is 3.03. The number of carbonyl (C=O) groups is 1. The third-order valence-electron chi connectivity index (χ3n) is 1.92. The van der Waals surface area contributed by atoms with E-state index in [9.17, 15) is 9.90 Å². The van der Waals surface area contributed by atoms with Crippen LogP contribution < -0.4 is 5.73 Å². The van der Waals surface area contributed by atoms with Crippen LogP contribution in [0.5, 0.6) is 5.75 Å². The summed E-state index contributed by atoms with van der Waals surface area (Å²) in [5.74, 6) is -1.64. The minimum Gasteiger partial charge on any atom is -0.506 e. The summed E-state index contributed by atoms with van der Waals surface area (Å²) in [5.41, 5.74) is 6.16. The number of hydrogen-bond acceptors (Lipinski definition) is 3. The van der Waals surface area contributed by atoms with Gasteiger partial charge in [-0.15, -0.1) is 0 Å². The number of carboxylic acid groups (broad SMARTS) is 1. The summed E-state index contributed by atoms with van der Waals surface area (Å²) in [5, 5.41) is 17.9. The van der Waals surface area contributed by atoms with Gasteiger partial charge in [-0.25, -0.2) is 0 Å². The highest BCUT2D eigenvalue weighted by atomic mass is 16.4. The lowest BCUT2D eigenvalue weighted by Crippen LogP contribution is -2.07. The Morgan fingerprint density at radius 1 is 1.54 bits per heavy atom. The van der Waals surface area contributed by atoms with Crippen LogP contribution in [-0.2, 0) is 4.79 Å². The van der Waals surface area contributed by atoms with Crippen LogP contribution >= 0.6 is 0 Å². The lowest BCUT2D eigenvalue weighted by Gasteiger charge is -2.07. The molecule has 0 heterocycles. The van der Waals surface area contributed by atoms with Gasteiger partial charge in [0, 0.05) is 0 Å². The molecule has 0 radical (unpaired) electrons. The van der Waals surface area contributed by atoms with Crippen molar-refractivity contribution in [1.82, 2.24) is 0 Å². The number of phenols is 1. The molecule has 0 aliphatic heterocycles. The number of nitrogens with two attached hydrogens (primary N) is 1. The second-order valence-corrected chi connectivity index (χ2v) is 2.88. The van der Waals surface area contributed by atoms with Gasteiger partial charge in [0.15, 0.2) is 0 Å². The first-order valence-electron chi connectivity index (χ1n) is 3.83. The minimum absolute atomic E-state index is 0.0781. The quantitative estimate of drug-likeness (QED) is 0.472. The molecule has 0 spiro atoms. The Bertz CT molecular complexity index is 336. The van der Waals surface area contributed by atoms with Crippen LogP contribution in [0, 0.1) is 0 Å². The van der Waals surface area contributed by atoms with E-state index in [4.69, 9.17) is 10.8 Å². The standard InChI is InChI=1S/C9H11NO3/c1-5(9(12)13)6-2-3-7(10)8(11)4-6/h2-5,11H,10H2,1H3,(H,12,13). The highest BCUT2D eigenvalue weighted by Gasteiger charge is 2.14. The molecule has 0 bridgehead atoms. The van der Waals surface area contributed by atoms with Gasteiger partial charge in [-0.2, -0.15) is 0 Å². The molecule has 1 rings (SSSR count). The molecule has 4 heteroatoms. The molecule has 0 amide bonds. The molecule has 0 aromatic heterocycles. The van der Waals surface area contributed by atoms with Gasteiger partial charge in [0.2, 0.25) is 0 Å². The van der Waals surface area contributed by atoms with Crippen LogP contribution in [0.2, 0.25) is 0 Å². The Hall–Kier alpha value is -1.71. The Morgan fingerprint density at radius 3 is 2.62 bits per heavy atom. The lowest BCUT2D eigenvalue weighted by molar-refractivity contribution is -0.138. The van der Waals surface area contributed by atoms with E-state index in [1.165, 1.54) is 12.1 Å². The van der Waals surface area contributed by atoms with Crippen LogP contribution in [-0.4, -0.2) is 16.2 Å². The van der Waals surface area contributed by atoms with Gasteiger partial charge in [-0.1, -0.05) is 6.07 Å². The molecule has 4 nitrogen and oxygen atoms in total.